The molecule has 3 heteroatoms. The fourth-order valence-corrected chi connectivity index (χ4v) is 2.25. The molecule has 0 saturated heterocycles. The summed E-state index contributed by atoms with van der Waals surface area (Å²) in [7, 11) is 5.91. The number of rotatable bonds is 7. The van der Waals surface area contributed by atoms with Gasteiger partial charge in [-0.05, 0) is 58.5 Å². The van der Waals surface area contributed by atoms with E-state index < -0.39 is 0 Å². The summed E-state index contributed by atoms with van der Waals surface area (Å²) >= 11 is 0. The van der Waals surface area contributed by atoms with Crippen molar-refractivity contribution in [2.45, 2.75) is 32.7 Å². The smallest absolute Gasteiger partial charge is 0.121 e. The van der Waals surface area contributed by atoms with Crippen LogP contribution in [0.2, 0.25) is 0 Å². The number of nitrogens with one attached hydrogen (secondary N) is 1. The topological polar surface area (TPSA) is 24.5 Å². The van der Waals surface area contributed by atoms with E-state index in [1.165, 1.54) is 11.1 Å². The summed E-state index contributed by atoms with van der Waals surface area (Å²) < 4.78 is 5.29. The molecule has 0 atom stereocenters. The molecule has 0 saturated carbocycles. The summed E-state index contributed by atoms with van der Waals surface area (Å²) in [5, 5.41) is 3.34. The van der Waals surface area contributed by atoms with E-state index >= 15 is 0 Å². The third kappa shape index (κ3) is 5.21. The number of aryl methyl sites for hydroxylation is 1. The predicted molar refractivity (Wildman–Crippen MR) is 82.1 cm³/mol. The molecule has 0 spiro atoms. The molecule has 0 fully saturated rings. The van der Waals surface area contributed by atoms with Crippen molar-refractivity contribution in [3.05, 3.63) is 29.3 Å². The summed E-state index contributed by atoms with van der Waals surface area (Å²) in [6, 6.07) is 6.43. The molecule has 0 aliphatic heterocycles. The molecule has 0 aromatic heterocycles. The minimum atomic E-state index is 0.157. The zero-order valence-electron chi connectivity index (χ0n) is 13.2. The second kappa shape index (κ2) is 6.92. The first-order valence-electron chi connectivity index (χ1n) is 6.89. The Morgan fingerprint density at radius 1 is 1.32 bits per heavy atom. The number of hydrogen-bond donors (Lipinski definition) is 1. The highest BCUT2D eigenvalue weighted by Gasteiger charge is 2.16. The van der Waals surface area contributed by atoms with Crippen LogP contribution in [-0.4, -0.2) is 44.7 Å². The van der Waals surface area contributed by atoms with Crippen LogP contribution in [-0.2, 0) is 6.42 Å². The van der Waals surface area contributed by atoms with Crippen LogP contribution in [0.25, 0.3) is 0 Å². The van der Waals surface area contributed by atoms with Gasteiger partial charge < -0.3 is 15.0 Å². The van der Waals surface area contributed by atoms with E-state index in [0.29, 0.717) is 0 Å². The van der Waals surface area contributed by atoms with Crippen LogP contribution in [0, 0.1) is 6.92 Å². The largest absolute Gasteiger partial charge is 0.496 e. The Morgan fingerprint density at radius 3 is 2.53 bits per heavy atom. The summed E-state index contributed by atoms with van der Waals surface area (Å²) in [4.78, 5) is 2.37. The number of methoxy groups -OCH3 is 1. The highest BCUT2D eigenvalue weighted by molar-refractivity contribution is 5.36. The highest BCUT2D eigenvalue weighted by atomic mass is 16.5. The van der Waals surface area contributed by atoms with Gasteiger partial charge >= 0.3 is 0 Å². The van der Waals surface area contributed by atoms with Crippen LogP contribution in [0.4, 0.5) is 0 Å². The molecule has 108 valence electrons. The van der Waals surface area contributed by atoms with Crippen molar-refractivity contribution in [3.8, 4) is 5.75 Å². The Morgan fingerprint density at radius 2 is 2.00 bits per heavy atom. The van der Waals surface area contributed by atoms with Gasteiger partial charge in [0.15, 0.2) is 0 Å². The van der Waals surface area contributed by atoms with Gasteiger partial charge in [0, 0.05) is 18.6 Å². The average molecular weight is 264 g/mol. The molecule has 1 aromatic rings. The minimum Gasteiger partial charge on any atom is -0.496 e. The molecule has 0 amide bonds. The molecular weight excluding hydrogens is 236 g/mol. The minimum absolute atomic E-state index is 0.157. The van der Waals surface area contributed by atoms with Crippen LogP contribution in [0.5, 0.6) is 5.75 Å². The molecule has 0 aliphatic rings. The van der Waals surface area contributed by atoms with Crippen LogP contribution < -0.4 is 10.1 Å². The van der Waals surface area contributed by atoms with Gasteiger partial charge in [-0.1, -0.05) is 12.1 Å². The van der Waals surface area contributed by atoms with Crippen molar-refractivity contribution in [1.82, 2.24) is 10.2 Å². The van der Waals surface area contributed by atoms with Crippen LogP contribution in [0.1, 0.15) is 25.0 Å². The Bertz CT molecular complexity index is 402. The summed E-state index contributed by atoms with van der Waals surface area (Å²) in [6.45, 7) is 8.65. The van der Waals surface area contributed by atoms with Gasteiger partial charge in [0.05, 0.1) is 7.11 Å². The highest BCUT2D eigenvalue weighted by Crippen LogP contribution is 2.18. The molecule has 0 heterocycles. The lowest BCUT2D eigenvalue weighted by molar-refractivity contribution is 0.246. The van der Waals surface area contributed by atoms with Crippen LogP contribution in [0.15, 0.2) is 18.2 Å². The van der Waals surface area contributed by atoms with Crippen LogP contribution >= 0.6 is 0 Å². The Balaban J connectivity index is 2.50. The normalized spacial score (nSPS) is 11.9. The maximum Gasteiger partial charge on any atom is 0.121 e. The van der Waals surface area contributed by atoms with E-state index in [9.17, 15) is 0 Å². The standard InChI is InChI=1S/C16H28N2O/c1-13-11-14(7-8-15(13)19-6)9-10-18(5)12-16(2,3)17-4/h7-8,11,17H,9-10,12H2,1-6H3. The fraction of sp³-hybridized carbons (Fsp3) is 0.625. The molecule has 3 nitrogen and oxygen atoms in total. The first-order chi connectivity index (χ1) is 8.88. The molecular formula is C16H28N2O. The number of ether oxygens (including phenoxy) is 1. The maximum atomic E-state index is 5.29. The first kappa shape index (κ1) is 16.0. The number of likely N-dealkylation sites (N-methyl/N-ethyl adjacent to an activating group) is 2. The second-order valence-corrected chi connectivity index (χ2v) is 5.93. The van der Waals surface area contributed by atoms with Crippen molar-refractivity contribution in [1.29, 1.82) is 0 Å². The molecule has 0 unspecified atom stereocenters. The van der Waals surface area contributed by atoms with Crippen LogP contribution in [0.3, 0.4) is 0 Å². The fourth-order valence-electron chi connectivity index (χ4n) is 2.25. The zero-order chi connectivity index (χ0) is 14.5. The van der Waals surface area contributed by atoms with Crippen molar-refractivity contribution < 1.29 is 4.74 Å². The summed E-state index contributed by atoms with van der Waals surface area (Å²) in [5.41, 5.74) is 2.73. The number of benzene rings is 1. The Kier molecular flexibility index (Phi) is 5.83. The lowest BCUT2D eigenvalue weighted by Gasteiger charge is -2.30. The van der Waals surface area contributed by atoms with E-state index in [2.05, 4.69) is 56.2 Å². The van der Waals surface area contributed by atoms with Crippen molar-refractivity contribution in [3.63, 3.8) is 0 Å². The summed E-state index contributed by atoms with van der Waals surface area (Å²) in [5.74, 6) is 0.966. The molecule has 0 aliphatic carbocycles. The third-order valence-corrected chi connectivity index (χ3v) is 3.58. The predicted octanol–water partition coefficient (Wildman–Crippen LogP) is 2.48. The lowest BCUT2D eigenvalue weighted by atomic mass is 10.0. The zero-order valence-corrected chi connectivity index (χ0v) is 13.2. The molecule has 1 aromatic carbocycles. The number of hydrogen-bond acceptors (Lipinski definition) is 3. The molecule has 0 radical (unpaired) electrons. The van der Waals surface area contributed by atoms with E-state index in [-0.39, 0.29) is 5.54 Å². The Labute approximate surface area is 118 Å². The Hall–Kier alpha value is -1.06. The quantitative estimate of drug-likeness (QED) is 0.819. The summed E-state index contributed by atoms with van der Waals surface area (Å²) in [6.07, 6.45) is 1.07. The molecule has 0 bridgehead atoms. The maximum absolute atomic E-state index is 5.29. The molecule has 1 rings (SSSR count). The average Bonchev–Trinajstić information content (AvgIpc) is 2.36. The monoisotopic (exact) mass is 264 g/mol. The lowest BCUT2D eigenvalue weighted by Crippen LogP contribution is -2.46. The van der Waals surface area contributed by atoms with Gasteiger partial charge in [0.25, 0.3) is 0 Å². The van der Waals surface area contributed by atoms with Gasteiger partial charge in [-0.3, -0.25) is 0 Å². The second-order valence-electron chi connectivity index (χ2n) is 5.93. The van der Waals surface area contributed by atoms with Gasteiger partial charge in [0.2, 0.25) is 0 Å². The molecule has 19 heavy (non-hydrogen) atoms. The number of nitrogens with zero attached hydrogens (tertiary/aromatic N) is 1. The van der Waals surface area contributed by atoms with Gasteiger partial charge in [-0.25, -0.2) is 0 Å². The van der Waals surface area contributed by atoms with Crippen molar-refractivity contribution in [2.75, 3.05) is 34.3 Å². The van der Waals surface area contributed by atoms with Gasteiger partial charge in [-0.15, -0.1) is 0 Å². The van der Waals surface area contributed by atoms with Gasteiger partial charge in [-0.2, -0.15) is 0 Å². The SMILES string of the molecule is CNC(C)(C)CN(C)CCc1ccc(OC)c(C)c1. The first-order valence-corrected chi connectivity index (χ1v) is 6.89. The van der Waals surface area contributed by atoms with Gasteiger partial charge in [0.1, 0.15) is 5.75 Å². The van der Waals surface area contributed by atoms with Crippen molar-refractivity contribution >= 4 is 0 Å². The third-order valence-electron chi connectivity index (χ3n) is 3.58. The van der Waals surface area contributed by atoms with E-state index in [0.717, 1.165) is 25.3 Å². The molecule has 1 N–H and O–H groups in total. The van der Waals surface area contributed by atoms with Crippen molar-refractivity contribution in [2.24, 2.45) is 0 Å². The van der Waals surface area contributed by atoms with E-state index in [1.807, 2.05) is 7.05 Å². The van der Waals surface area contributed by atoms with E-state index in [1.54, 1.807) is 7.11 Å². The van der Waals surface area contributed by atoms with E-state index in [4.69, 9.17) is 4.74 Å².